The summed E-state index contributed by atoms with van der Waals surface area (Å²) in [5.41, 5.74) is 0. The van der Waals surface area contributed by atoms with Gasteiger partial charge in [-0.3, -0.25) is 0 Å². The number of rotatable bonds is 11. The molecule has 0 saturated heterocycles. The van der Waals surface area contributed by atoms with Crippen molar-refractivity contribution in [3.63, 3.8) is 0 Å². The highest BCUT2D eigenvalue weighted by atomic mass is 16.5. The first kappa shape index (κ1) is 15.9. The lowest BCUT2D eigenvalue weighted by Crippen LogP contribution is -2.39. The molecule has 0 rings (SSSR count). The maximum absolute atomic E-state index is 5.44. The van der Waals surface area contributed by atoms with Crippen molar-refractivity contribution >= 4 is 0 Å². The van der Waals surface area contributed by atoms with Crippen LogP contribution in [-0.2, 0) is 4.74 Å². The van der Waals surface area contributed by atoms with Gasteiger partial charge in [0.15, 0.2) is 0 Å². The Labute approximate surface area is 102 Å². The van der Waals surface area contributed by atoms with E-state index in [0.29, 0.717) is 6.04 Å². The molecule has 3 heteroatoms. The molecule has 0 amide bonds. The highest BCUT2D eigenvalue weighted by molar-refractivity contribution is 4.65. The summed E-state index contributed by atoms with van der Waals surface area (Å²) in [7, 11) is 0. The fraction of sp³-hybridized carbons (Fsp3) is 1.00. The van der Waals surface area contributed by atoms with Crippen molar-refractivity contribution in [3.8, 4) is 0 Å². The molecule has 0 bridgehead atoms. The lowest BCUT2D eigenvalue weighted by atomic mass is 10.3. The summed E-state index contributed by atoms with van der Waals surface area (Å²) in [5, 5.41) is 3.54. The smallest absolute Gasteiger partial charge is 0.0478 e. The Bertz CT molecular complexity index is 138. The molecule has 98 valence electrons. The van der Waals surface area contributed by atoms with Crippen molar-refractivity contribution in [1.82, 2.24) is 10.2 Å². The first-order chi connectivity index (χ1) is 7.74. The van der Waals surface area contributed by atoms with Gasteiger partial charge in [0.25, 0.3) is 0 Å². The molecular weight excluding hydrogens is 200 g/mol. The zero-order valence-electron chi connectivity index (χ0n) is 11.6. The lowest BCUT2D eigenvalue weighted by molar-refractivity contribution is 0.131. The Balaban J connectivity index is 3.32. The standard InChI is InChI=1S/C13H30N2O/c1-5-10-16-11-8-9-14-13(4)12-15(6-2)7-3/h13-14H,5-12H2,1-4H3. The molecule has 0 aromatic heterocycles. The normalized spacial score (nSPS) is 13.3. The molecule has 3 nitrogen and oxygen atoms in total. The van der Waals surface area contributed by atoms with Crippen LogP contribution >= 0.6 is 0 Å². The Morgan fingerprint density at radius 1 is 1.12 bits per heavy atom. The third-order valence-electron chi connectivity index (χ3n) is 2.73. The predicted molar refractivity (Wildman–Crippen MR) is 71.0 cm³/mol. The van der Waals surface area contributed by atoms with Crippen LogP contribution in [0.1, 0.15) is 40.5 Å². The summed E-state index contributed by atoms with van der Waals surface area (Å²) in [4.78, 5) is 2.45. The van der Waals surface area contributed by atoms with Crippen molar-refractivity contribution in [1.29, 1.82) is 0 Å². The Kier molecular flexibility index (Phi) is 11.3. The van der Waals surface area contributed by atoms with Gasteiger partial charge >= 0.3 is 0 Å². The van der Waals surface area contributed by atoms with Crippen molar-refractivity contribution in [2.75, 3.05) is 39.4 Å². The second-order valence-electron chi connectivity index (χ2n) is 4.31. The number of hydrogen-bond donors (Lipinski definition) is 1. The van der Waals surface area contributed by atoms with Crippen molar-refractivity contribution < 1.29 is 4.74 Å². The highest BCUT2D eigenvalue weighted by Gasteiger charge is 2.05. The van der Waals surface area contributed by atoms with E-state index in [0.717, 1.165) is 52.2 Å². The first-order valence-electron chi connectivity index (χ1n) is 6.78. The van der Waals surface area contributed by atoms with Crippen LogP contribution in [0.3, 0.4) is 0 Å². The van der Waals surface area contributed by atoms with Crippen LogP contribution < -0.4 is 5.32 Å². The topological polar surface area (TPSA) is 24.5 Å². The van der Waals surface area contributed by atoms with Crippen molar-refractivity contribution in [3.05, 3.63) is 0 Å². The minimum Gasteiger partial charge on any atom is -0.381 e. The van der Waals surface area contributed by atoms with Crippen molar-refractivity contribution in [2.45, 2.75) is 46.6 Å². The van der Waals surface area contributed by atoms with Crippen molar-refractivity contribution in [2.24, 2.45) is 0 Å². The fourth-order valence-corrected chi connectivity index (χ4v) is 1.70. The van der Waals surface area contributed by atoms with E-state index in [9.17, 15) is 0 Å². The van der Waals surface area contributed by atoms with Crippen LogP contribution in [0.5, 0.6) is 0 Å². The SMILES string of the molecule is CCCOCCCNC(C)CN(CC)CC. The quantitative estimate of drug-likeness (QED) is 0.550. The van der Waals surface area contributed by atoms with Crippen LogP contribution in [0.2, 0.25) is 0 Å². The largest absolute Gasteiger partial charge is 0.381 e. The van der Waals surface area contributed by atoms with Gasteiger partial charge in [-0.1, -0.05) is 20.8 Å². The number of likely N-dealkylation sites (N-methyl/N-ethyl adjacent to an activating group) is 1. The zero-order chi connectivity index (χ0) is 12.2. The van der Waals surface area contributed by atoms with E-state index >= 15 is 0 Å². The van der Waals surface area contributed by atoms with E-state index in [1.165, 1.54) is 0 Å². The summed E-state index contributed by atoms with van der Waals surface area (Å²) in [6, 6.07) is 0.575. The Morgan fingerprint density at radius 2 is 1.81 bits per heavy atom. The van der Waals surface area contributed by atoms with Crippen LogP contribution in [0, 0.1) is 0 Å². The first-order valence-corrected chi connectivity index (χ1v) is 6.78. The third kappa shape index (κ3) is 9.13. The van der Waals surface area contributed by atoms with Crippen LogP contribution in [0.25, 0.3) is 0 Å². The summed E-state index contributed by atoms with van der Waals surface area (Å²) in [6.45, 7) is 15.1. The van der Waals surface area contributed by atoms with Gasteiger partial charge in [0, 0.05) is 25.8 Å². The van der Waals surface area contributed by atoms with Gasteiger partial charge in [0.1, 0.15) is 0 Å². The van der Waals surface area contributed by atoms with Gasteiger partial charge in [-0.25, -0.2) is 0 Å². The van der Waals surface area contributed by atoms with Gasteiger partial charge in [-0.05, 0) is 39.4 Å². The van der Waals surface area contributed by atoms with Crippen LogP contribution in [0.4, 0.5) is 0 Å². The maximum Gasteiger partial charge on any atom is 0.0478 e. The molecule has 0 saturated carbocycles. The number of nitrogens with zero attached hydrogens (tertiary/aromatic N) is 1. The number of ether oxygens (including phenoxy) is 1. The monoisotopic (exact) mass is 230 g/mol. The van der Waals surface area contributed by atoms with Gasteiger partial charge in [0.05, 0.1) is 0 Å². The van der Waals surface area contributed by atoms with E-state index in [-0.39, 0.29) is 0 Å². The van der Waals surface area contributed by atoms with Gasteiger partial charge in [-0.2, -0.15) is 0 Å². The van der Waals surface area contributed by atoms with Crippen LogP contribution in [0.15, 0.2) is 0 Å². The third-order valence-corrected chi connectivity index (χ3v) is 2.73. The van der Waals surface area contributed by atoms with E-state index in [1.54, 1.807) is 0 Å². The average Bonchev–Trinajstić information content (AvgIpc) is 2.30. The minimum atomic E-state index is 0.575. The lowest BCUT2D eigenvalue weighted by Gasteiger charge is -2.23. The molecule has 0 aliphatic heterocycles. The predicted octanol–water partition coefficient (Wildman–Crippen LogP) is 2.12. The van der Waals surface area contributed by atoms with Gasteiger partial charge in [-0.15, -0.1) is 0 Å². The zero-order valence-corrected chi connectivity index (χ0v) is 11.6. The number of nitrogens with one attached hydrogen (secondary N) is 1. The van der Waals surface area contributed by atoms with Crippen LogP contribution in [-0.4, -0.2) is 50.3 Å². The molecule has 1 atom stereocenters. The molecule has 16 heavy (non-hydrogen) atoms. The number of hydrogen-bond acceptors (Lipinski definition) is 3. The summed E-state index contributed by atoms with van der Waals surface area (Å²) in [6.07, 6.45) is 2.23. The maximum atomic E-state index is 5.44. The molecule has 1 N–H and O–H groups in total. The molecule has 0 aliphatic carbocycles. The summed E-state index contributed by atoms with van der Waals surface area (Å²) < 4.78 is 5.44. The highest BCUT2D eigenvalue weighted by Crippen LogP contribution is 1.92. The van der Waals surface area contributed by atoms with E-state index < -0.39 is 0 Å². The van der Waals surface area contributed by atoms with E-state index in [2.05, 4.69) is 37.9 Å². The summed E-state index contributed by atoms with van der Waals surface area (Å²) in [5.74, 6) is 0. The molecule has 0 aromatic carbocycles. The molecule has 0 fully saturated rings. The molecule has 0 heterocycles. The molecule has 0 spiro atoms. The molecule has 1 unspecified atom stereocenters. The average molecular weight is 230 g/mol. The second kappa shape index (κ2) is 11.4. The Hall–Kier alpha value is -0.120. The van der Waals surface area contributed by atoms with Gasteiger partial charge < -0.3 is 15.0 Å². The van der Waals surface area contributed by atoms with E-state index in [4.69, 9.17) is 4.74 Å². The minimum absolute atomic E-state index is 0.575. The summed E-state index contributed by atoms with van der Waals surface area (Å²) >= 11 is 0. The molecule has 0 aliphatic rings. The second-order valence-corrected chi connectivity index (χ2v) is 4.31. The fourth-order valence-electron chi connectivity index (χ4n) is 1.70. The Morgan fingerprint density at radius 3 is 2.38 bits per heavy atom. The molecular formula is C13H30N2O. The molecule has 0 aromatic rings. The van der Waals surface area contributed by atoms with Gasteiger partial charge in [0.2, 0.25) is 0 Å². The van der Waals surface area contributed by atoms with E-state index in [1.807, 2.05) is 0 Å². The molecule has 0 radical (unpaired) electrons.